The Bertz CT molecular complexity index is 468. The van der Waals surface area contributed by atoms with Crippen LogP contribution in [-0.2, 0) is 0 Å². The molecule has 84 valence electrons. The lowest BCUT2D eigenvalue weighted by atomic mass is 10.4. The van der Waals surface area contributed by atoms with Crippen molar-refractivity contribution in [2.45, 2.75) is 23.9 Å². The van der Waals surface area contributed by atoms with E-state index in [1.807, 2.05) is 26.0 Å². The second-order valence-corrected chi connectivity index (χ2v) is 4.25. The molecule has 0 aromatic carbocycles. The van der Waals surface area contributed by atoms with Gasteiger partial charge in [0.2, 0.25) is 5.16 Å². The van der Waals surface area contributed by atoms with Crippen LogP contribution in [0.2, 0.25) is 0 Å². The highest BCUT2D eigenvalue weighted by molar-refractivity contribution is 7.99. The first-order chi connectivity index (χ1) is 7.78. The largest absolute Gasteiger partial charge is 0.370 e. The molecule has 2 N–H and O–H groups in total. The van der Waals surface area contributed by atoms with Crippen LogP contribution in [0.25, 0.3) is 0 Å². The van der Waals surface area contributed by atoms with Crippen molar-refractivity contribution in [2.75, 3.05) is 11.9 Å². The Morgan fingerprint density at radius 2 is 2.38 bits per heavy atom. The molecule has 0 bridgehead atoms. The molecule has 2 aromatic heterocycles. The Morgan fingerprint density at radius 3 is 3.06 bits per heavy atom. The van der Waals surface area contributed by atoms with Crippen LogP contribution < -0.4 is 5.32 Å². The SMILES string of the molecule is CCNc1cc(Sc2n[nH]c(C)n2)ccn1. The molecule has 0 radical (unpaired) electrons. The zero-order valence-electron chi connectivity index (χ0n) is 9.19. The Balaban J connectivity index is 2.12. The molecule has 0 atom stereocenters. The summed E-state index contributed by atoms with van der Waals surface area (Å²) in [6.07, 6.45) is 1.78. The molecule has 2 aromatic rings. The van der Waals surface area contributed by atoms with Crippen molar-refractivity contribution in [1.29, 1.82) is 0 Å². The number of aryl methyl sites for hydroxylation is 1. The van der Waals surface area contributed by atoms with Crippen molar-refractivity contribution in [3.8, 4) is 0 Å². The van der Waals surface area contributed by atoms with Gasteiger partial charge < -0.3 is 5.32 Å². The summed E-state index contributed by atoms with van der Waals surface area (Å²) in [5, 5.41) is 10.8. The highest BCUT2D eigenvalue weighted by Crippen LogP contribution is 2.25. The predicted molar refractivity (Wildman–Crippen MR) is 63.6 cm³/mol. The van der Waals surface area contributed by atoms with Gasteiger partial charge in [0.25, 0.3) is 0 Å². The Labute approximate surface area is 98.1 Å². The van der Waals surface area contributed by atoms with E-state index in [1.165, 1.54) is 11.8 Å². The molecule has 0 aliphatic heterocycles. The highest BCUT2D eigenvalue weighted by atomic mass is 32.2. The molecule has 6 heteroatoms. The Kier molecular flexibility index (Phi) is 3.40. The van der Waals surface area contributed by atoms with Crippen molar-refractivity contribution < 1.29 is 0 Å². The van der Waals surface area contributed by atoms with Gasteiger partial charge in [-0.05, 0) is 37.7 Å². The molecule has 2 rings (SSSR count). The van der Waals surface area contributed by atoms with Crippen molar-refractivity contribution >= 4 is 17.6 Å². The van der Waals surface area contributed by atoms with Crippen LogP contribution in [0.5, 0.6) is 0 Å². The lowest BCUT2D eigenvalue weighted by molar-refractivity contribution is 0.969. The number of pyridine rings is 1. The van der Waals surface area contributed by atoms with E-state index < -0.39 is 0 Å². The first-order valence-corrected chi connectivity index (χ1v) is 5.86. The summed E-state index contributed by atoms with van der Waals surface area (Å²) in [4.78, 5) is 9.51. The lowest BCUT2D eigenvalue weighted by Crippen LogP contribution is -1.98. The van der Waals surface area contributed by atoms with Crippen LogP contribution >= 0.6 is 11.8 Å². The number of H-pyrrole nitrogens is 1. The number of nitrogens with zero attached hydrogens (tertiary/aromatic N) is 3. The lowest BCUT2D eigenvalue weighted by Gasteiger charge is -2.02. The fourth-order valence-electron chi connectivity index (χ4n) is 1.23. The number of rotatable bonds is 4. The van der Waals surface area contributed by atoms with Crippen molar-refractivity contribution in [1.82, 2.24) is 20.2 Å². The maximum Gasteiger partial charge on any atom is 0.213 e. The van der Waals surface area contributed by atoms with Crippen LogP contribution in [0.15, 0.2) is 28.4 Å². The Morgan fingerprint density at radius 1 is 1.50 bits per heavy atom. The minimum Gasteiger partial charge on any atom is -0.370 e. The third-order valence-corrected chi connectivity index (χ3v) is 2.73. The molecule has 0 aliphatic carbocycles. The first-order valence-electron chi connectivity index (χ1n) is 5.04. The summed E-state index contributed by atoms with van der Waals surface area (Å²) in [7, 11) is 0. The number of aromatic nitrogens is 4. The molecule has 0 fully saturated rings. The van der Waals surface area contributed by atoms with E-state index in [1.54, 1.807) is 6.20 Å². The number of aromatic amines is 1. The fraction of sp³-hybridized carbons (Fsp3) is 0.300. The second-order valence-electron chi connectivity index (χ2n) is 3.21. The third-order valence-electron chi connectivity index (χ3n) is 1.88. The summed E-state index contributed by atoms with van der Waals surface area (Å²) in [6.45, 7) is 4.79. The predicted octanol–water partition coefficient (Wildman–Crippen LogP) is 2.09. The second kappa shape index (κ2) is 4.98. The van der Waals surface area contributed by atoms with Crippen LogP contribution in [0.4, 0.5) is 5.82 Å². The van der Waals surface area contributed by atoms with Gasteiger partial charge in [0.15, 0.2) is 0 Å². The average Bonchev–Trinajstić information content (AvgIpc) is 2.65. The van der Waals surface area contributed by atoms with Gasteiger partial charge in [-0.15, -0.1) is 5.10 Å². The zero-order valence-corrected chi connectivity index (χ0v) is 10.0. The van der Waals surface area contributed by atoms with Gasteiger partial charge >= 0.3 is 0 Å². The summed E-state index contributed by atoms with van der Waals surface area (Å²) in [6, 6.07) is 3.93. The van der Waals surface area contributed by atoms with Gasteiger partial charge in [0, 0.05) is 17.6 Å². The topological polar surface area (TPSA) is 66.5 Å². The van der Waals surface area contributed by atoms with Crippen LogP contribution in [0.3, 0.4) is 0 Å². The molecular weight excluding hydrogens is 222 g/mol. The summed E-state index contributed by atoms with van der Waals surface area (Å²) >= 11 is 1.51. The van der Waals surface area contributed by atoms with E-state index in [2.05, 4.69) is 25.5 Å². The summed E-state index contributed by atoms with van der Waals surface area (Å²) in [5.41, 5.74) is 0. The maximum absolute atomic E-state index is 4.24. The van der Waals surface area contributed by atoms with Crippen LogP contribution in [-0.4, -0.2) is 26.7 Å². The molecule has 0 spiro atoms. The Hall–Kier alpha value is -1.56. The summed E-state index contributed by atoms with van der Waals surface area (Å²) < 4.78 is 0. The van der Waals surface area contributed by atoms with Gasteiger partial charge in [-0.1, -0.05) is 0 Å². The van der Waals surface area contributed by atoms with E-state index in [4.69, 9.17) is 0 Å². The van der Waals surface area contributed by atoms with E-state index in [0.717, 1.165) is 28.2 Å². The summed E-state index contributed by atoms with van der Waals surface area (Å²) in [5.74, 6) is 1.70. The maximum atomic E-state index is 4.24. The number of hydrogen-bond donors (Lipinski definition) is 2. The molecule has 0 unspecified atom stereocenters. The minimum atomic E-state index is 0.728. The molecule has 5 nitrogen and oxygen atoms in total. The smallest absolute Gasteiger partial charge is 0.213 e. The number of hydrogen-bond acceptors (Lipinski definition) is 5. The van der Waals surface area contributed by atoms with Gasteiger partial charge in [0.1, 0.15) is 11.6 Å². The molecule has 0 saturated carbocycles. The molecule has 2 heterocycles. The van der Waals surface area contributed by atoms with Gasteiger partial charge in [-0.2, -0.15) is 0 Å². The van der Waals surface area contributed by atoms with Crippen molar-refractivity contribution in [3.05, 3.63) is 24.2 Å². The molecule has 0 saturated heterocycles. The van der Waals surface area contributed by atoms with E-state index >= 15 is 0 Å². The first kappa shape index (κ1) is 10.9. The van der Waals surface area contributed by atoms with E-state index in [9.17, 15) is 0 Å². The monoisotopic (exact) mass is 235 g/mol. The van der Waals surface area contributed by atoms with E-state index in [-0.39, 0.29) is 0 Å². The van der Waals surface area contributed by atoms with Crippen molar-refractivity contribution in [2.24, 2.45) is 0 Å². The van der Waals surface area contributed by atoms with Crippen LogP contribution in [0, 0.1) is 6.92 Å². The molecular formula is C10H13N5S. The van der Waals surface area contributed by atoms with Gasteiger partial charge in [0.05, 0.1) is 0 Å². The standard InChI is InChI=1S/C10H13N5S/c1-3-11-9-6-8(4-5-12-9)16-10-13-7(2)14-15-10/h4-6H,3H2,1-2H3,(H,11,12)(H,13,14,15). The fourth-order valence-corrected chi connectivity index (χ4v) is 2.01. The minimum absolute atomic E-state index is 0.728. The van der Waals surface area contributed by atoms with Crippen LogP contribution in [0.1, 0.15) is 12.7 Å². The molecule has 0 aliphatic rings. The third kappa shape index (κ3) is 2.73. The number of anilines is 1. The normalized spacial score (nSPS) is 10.4. The van der Waals surface area contributed by atoms with Crippen molar-refractivity contribution in [3.63, 3.8) is 0 Å². The van der Waals surface area contributed by atoms with Gasteiger partial charge in [-0.25, -0.2) is 9.97 Å². The van der Waals surface area contributed by atoms with E-state index in [0.29, 0.717) is 0 Å². The highest BCUT2D eigenvalue weighted by Gasteiger charge is 2.03. The molecule has 0 amide bonds. The quantitative estimate of drug-likeness (QED) is 0.849. The zero-order chi connectivity index (χ0) is 11.4. The van der Waals surface area contributed by atoms with Gasteiger partial charge in [-0.3, -0.25) is 5.10 Å². The molecule has 16 heavy (non-hydrogen) atoms. The average molecular weight is 235 g/mol. The number of nitrogens with one attached hydrogen (secondary N) is 2.